The van der Waals surface area contributed by atoms with Gasteiger partial charge in [-0.25, -0.2) is 0 Å². The molecule has 0 saturated heterocycles. The van der Waals surface area contributed by atoms with Crippen LogP contribution in [-0.4, -0.2) is 28.7 Å². The Labute approximate surface area is 120 Å². The first-order chi connectivity index (χ1) is 10.3. The summed E-state index contributed by atoms with van der Waals surface area (Å²) in [4.78, 5) is 0. The SMILES string of the molecule is COc1cc2c(cc1-c1c(C)nn3ncccc13)OCO2. The molecule has 21 heavy (non-hydrogen) atoms. The normalized spacial score (nSPS) is 12.9. The summed E-state index contributed by atoms with van der Waals surface area (Å²) < 4.78 is 18.0. The molecule has 1 aliphatic rings. The predicted molar refractivity (Wildman–Crippen MR) is 75.8 cm³/mol. The third-order valence-electron chi connectivity index (χ3n) is 3.56. The molecule has 6 heteroatoms. The van der Waals surface area contributed by atoms with Crippen molar-refractivity contribution in [2.45, 2.75) is 6.92 Å². The van der Waals surface area contributed by atoms with Crippen LogP contribution >= 0.6 is 0 Å². The number of aromatic nitrogens is 3. The Hall–Kier alpha value is -2.76. The number of hydrogen-bond acceptors (Lipinski definition) is 5. The second-order valence-electron chi connectivity index (χ2n) is 4.76. The van der Waals surface area contributed by atoms with E-state index in [0.717, 1.165) is 28.1 Å². The number of methoxy groups -OCH3 is 1. The van der Waals surface area contributed by atoms with E-state index in [0.29, 0.717) is 11.5 Å². The lowest BCUT2D eigenvalue weighted by Crippen LogP contribution is -1.92. The average Bonchev–Trinajstić information content (AvgIpc) is 3.07. The van der Waals surface area contributed by atoms with Gasteiger partial charge in [-0.1, -0.05) is 0 Å². The Kier molecular flexibility index (Phi) is 2.50. The van der Waals surface area contributed by atoms with E-state index in [-0.39, 0.29) is 6.79 Å². The number of benzene rings is 1. The van der Waals surface area contributed by atoms with Crippen LogP contribution in [0.1, 0.15) is 5.69 Å². The topological polar surface area (TPSA) is 57.9 Å². The van der Waals surface area contributed by atoms with Gasteiger partial charge in [-0.15, -0.1) is 0 Å². The van der Waals surface area contributed by atoms with Crippen LogP contribution in [0, 0.1) is 6.92 Å². The van der Waals surface area contributed by atoms with Crippen molar-refractivity contribution >= 4 is 5.52 Å². The van der Waals surface area contributed by atoms with Gasteiger partial charge in [0.15, 0.2) is 11.5 Å². The molecule has 6 nitrogen and oxygen atoms in total. The monoisotopic (exact) mass is 283 g/mol. The molecular formula is C15H13N3O3. The lowest BCUT2D eigenvalue weighted by atomic mass is 10.0. The van der Waals surface area contributed by atoms with E-state index in [9.17, 15) is 0 Å². The van der Waals surface area contributed by atoms with Crippen LogP contribution in [0.25, 0.3) is 16.6 Å². The van der Waals surface area contributed by atoms with Crippen molar-refractivity contribution in [3.63, 3.8) is 0 Å². The summed E-state index contributed by atoms with van der Waals surface area (Å²) in [6.07, 6.45) is 1.71. The molecule has 1 aromatic carbocycles. The Morgan fingerprint density at radius 2 is 2.05 bits per heavy atom. The molecular weight excluding hydrogens is 270 g/mol. The van der Waals surface area contributed by atoms with E-state index < -0.39 is 0 Å². The van der Waals surface area contributed by atoms with Crippen LogP contribution in [0.2, 0.25) is 0 Å². The number of ether oxygens (including phenoxy) is 3. The third kappa shape index (κ3) is 1.72. The first kappa shape index (κ1) is 12.0. The van der Waals surface area contributed by atoms with E-state index in [2.05, 4.69) is 10.2 Å². The van der Waals surface area contributed by atoms with Gasteiger partial charge in [0.1, 0.15) is 5.75 Å². The minimum atomic E-state index is 0.233. The summed E-state index contributed by atoms with van der Waals surface area (Å²) in [5.41, 5.74) is 3.71. The molecule has 2 aromatic heterocycles. The molecule has 0 saturated carbocycles. The molecule has 0 spiro atoms. The smallest absolute Gasteiger partial charge is 0.231 e. The molecule has 0 bridgehead atoms. The van der Waals surface area contributed by atoms with Gasteiger partial charge in [-0.05, 0) is 25.1 Å². The van der Waals surface area contributed by atoms with Gasteiger partial charge in [0, 0.05) is 23.4 Å². The van der Waals surface area contributed by atoms with Crippen LogP contribution in [-0.2, 0) is 0 Å². The van der Waals surface area contributed by atoms with Gasteiger partial charge in [0.2, 0.25) is 6.79 Å². The van der Waals surface area contributed by atoms with Gasteiger partial charge in [-0.3, -0.25) is 0 Å². The molecule has 0 aliphatic carbocycles. The molecule has 4 rings (SSSR count). The van der Waals surface area contributed by atoms with E-state index >= 15 is 0 Å². The minimum absolute atomic E-state index is 0.233. The first-order valence-electron chi connectivity index (χ1n) is 6.56. The summed E-state index contributed by atoms with van der Waals surface area (Å²) in [7, 11) is 1.64. The second-order valence-corrected chi connectivity index (χ2v) is 4.76. The highest BCUT2D eigenvalue weighted by Gasteiger charge is 2.22. The lowest BCUT2D eigenvalue weighted by Gasteiger charge is -2.09. The number of nitrogens with zero attached hydrogens (tertiary/aromatic N) is 3. The fourth-order valence-electron chi connectivity index (χ4n) is 2.63. The fourth-order valence-corrected chi connectivity index (χ4v) is 2.63. The molecule has 0 atom stereocenters. The minimum Gasteiger partial charge on any atom is -0.496 e. The average molecular weight is 283 g/mol. The highest BCUT2D eigenvalue weighted by atomic mass is 16.7. The summed E-state index contributed by atoms with van der Waals surface area (Å²) in [6, 6.07) is 7.64. The molecule has 0 unspecified atom stereocenters. The van der Waals surface area contributed by atoms with Crippen LogP contribution in [0.4, 0.5) is 0 Å². The Bertz CT molecular complexity index is 842. The van der Waals surface area contributed by atoms with Crippen molar-refractivity contribution in [2.75, 3.05) is 13.9 Å². The summed E-state index contributed by atoms with van der Waals surface area (Å²) >= 11 is 0. The quantitative estimate of drug-likeness (QED) is 0.723. The maximum atomic E-state index is 5.51. The van der Waals surface area contributed by atoms with Gasteiger partial charge < -0.3 is 14.2 Å². The zero-order valence-corrected chi connectivity index (χ0v) is 11.7. The molecule has 0 N–H and O–H groups in total. The zero-order chi connectivity index (χ0) is 14.4. The van der Waals surface area contributed by atoms with Crippen LogP contribution < -0.4 is 14.2 Å². The largest absolute Gasteiger partial charge is 0.496 e. The molecule has 0 amide bonds. The van der Waals surface area contributed by atoms with E-state index in [1.165, 1.54) is 0 Å². The first-order valence-corrected chi connectivity index (χ1v) is 6.56. The van der Waals surface area contributed by atoms with Crippen LogP contribution in [0.5, 0.6) is 17.2 Å². The van der Waals surface area contributed by atoms with Crippen molar-refractivity contribution in [1.29, 1.82) is 0 Å². The third-order valence-corrected chi connectivity index (χ3v) is 3.56. The highest BCUT2D eigenvalue weighted by molar-refractivity contribution is 5.87. The Morgan fingerprint density at radius 3 is 2.86 bits per heavy atom. The standard InChI is InChI=1S/C15H13N3O3/c1-9-15(11-4-3-5-16-18(11)17-9)10-6-13-14(21-8-20-13)7-12(10)19-2/h3-7H,8H2,1-2H3. The maximum absolute atomic E-state index is 5.51. The van der Waals surface area contributed by atoms with Crippen molar-refractivity contribution < 1.29 is 14.2 Å². The number of aryl methyl sites for hydroxylation is 1. The lowest BCUT2D eigenvalue weighted by molar-refractivity contribution is 0.174. The van der Waals surface area contributed by atoms with Crippen molar-refractivity contribution in [3.8, 4) is 28.4 Å². The maximum Gasteiger partial charge on any atom is 0.231 e. The molecule has 0 radical (unpaired) electrons. The summed E-state index contributed by atoms with van der Waals surface area (Å²) in [6.45, 7) is 2.19. The summed E-state index contributed by atoms with van der Waals surface area (Å²) in [5, 5.41) is 8.66. The molecule has 3 aromatic rings. The van der Waals surface area contributed by atoms with Gasteiger partial charge in [0.05, 0.1) is 18.3 Å². The van der Waals surface area contributed by atoms with Crippen molar-refractivity contribution in [3.05, 3.63) is 36.2 Å². The second kappa shape index (κ2) is 4.37. The zero-order valence-electron chi connectivity index (χ0n) is 11.7. The molecule has 1 aliphatic heterocycles. The van der Waals surface area contributed by atoms with Crippen molar-refractivity contribution in [1.82, 2.24) is 14.8 Å². The van der Waals surface area contributed by atoms with Crippen LogP contribution in [0.3, 0.4) is 0 Å². The van der Waals surface area contributed by atoms with Gasteiger partial charge in [0.25, 0.3) is 0 Å². The van der Waals surface area contributed by atoms with Gasteiger partial charge >= 0.3 is 0 Å². The number of fused-ring (bicyclic) bond motifs is 2. The van der Waals surface area contributed by atoms with E-state index in [1.807, 2.05) is 31.2 Å². The Balaban J connectivity index is 2.02. The molecule has 106 valence electrons. The van der Waals surface area contributed by atoms with Crippen LogP contribution in [0.15, 0.2) is 30.5 Å². The Morgan fingerprint density at radius 1 is 1.24 bits per heavy atom. The predicted octanol–water partition coefficient (Wildman–Crippen LogP) is 2.44. The summed E-state index contributed by atoms with van der Waals surface area (Å²) in [5.74, 6) is 2.14. The van der Waals surface area contributed by atoms with E-state index in [1.54, 1.807) is 17.9 Å². The molecule has 3 heterocycles. The van der Waals surface area contributed by atoms with Gasteiger partial charge in [-0.2, -0.15) is 14.8 Å². The number of rotatable bonds is 2. The van der Waals surface area contributed by atoms with Crippen molar-refractivity contribution in [2.24, 2.45) is 0 Å². The fraction of sp³-hybridized carbons (Fsp3) is 0.200. The van der Waals surface area contributed by atoms with E-state index in [4.69, 9.17) is 14.2 Å². The number of hydrogen-bond donors (Lipinski definition) is 0. The highest BCUT2D eigenvalue weighted by Crippen LogP contribution is 2.44. The molecule has 0 fully saturated rings.